The smallest absolute Gasteiger partial charge is 0.277 e. The Balaban J connectivity index is 2.14. The molecule has 0 aromatic carbocycles. The molecule has 0 aliphatic heterocycles. The zero-order chi connectivity index (χ0) is 13.7. The minimum atomic E-state index is -0.121. The average molecular weight is 282 g/mol. The van der Waals surface area contributed by atoms with Crippen molar-refractivity contribution in [1.82, 2.24) is 15.1 Å². The van der Waals surface area contributed by atoms with Crippen LogP contribution >= 0.6 is 11.3 Å². The van der Waals surface area contributed by atoms with Crippen molar-refractivity contribution < 1.29 is 9.26 Å². The van der Waals surface area contributed by atoms with E-state index in [0.717, 1.165) is 24.3 Å². The lowest BCUT2D eigenvalue weighted by molar-refractivity contribution is 0.0854. The molecule has 104 valence electrons. The second-order valence-corrected chi connectivity index (χ2v) is 5.08. The van der Waals surface area contributed by atoms with Crippen molar-refractivity contribution in [2.75, 3.05) is 13.7 Å². The van der Waals surface area contributed by atoms with Crippen LogP contribution in [0.15, 0.2) is 9.90 Å². The van der Waals surface area contributed by atoms with Gasteiger partial charge >= 0.3 is 0 Å². The standard InChI is InChI=1S/C12H18N4O2S/c1-3-4-9(17-2)11-15-12(18-16-11)8-7-19-10(14-8)5-6-13/h7,9H,3-6,13H2,1-2H3. The van der Waals surface area contributed by atoms with Crippen molar-refractivity contribution in [2.24, 2.45) is 5.73 Å². The van der Waals surface area contributed by atoms with Gasteiger partial charge in [-0.25, -0.2) is 4.98 Å². The molecular formula is C12H18N4O2S. The summed E-state index contributed by atoms with van der Waals surface area (Å²) >= 11 is 1.55. The molecule has 1 unspecified atom stereocenters. The topological polar surface area (TPSA) is 87.1 Å². The quantitative estimate of drug-likeness (QED) is 0.837. The first kappa shape index (κ1) is 14.1. The van der Waals surface area contributed by atoms with Crippen molar-refractivity contribution in [3.63, 3.8) is 0 Å². The first-order valence-corrected chi connectivity index (χ1v) is 7.17. The molecule has 2 aromatic rings. The van der Waals surface area contributed by atoms with E-state index in [-0.39, 0.29) is 6.10 Å². The predicted octanol–water partition coefficient (Wildman–Crippen LogP) is 2.18. The summed E-state index contributed by atoms with van der Waals surface area (Å²) in [5.41, 5.74) is 6.21. The predicted molar refractivity (Wildman–Crippen MR) is 72.8 cm³/mol. The van der Waals surface area contributed by atoms with E-state index in [4.69, 9.17) is 15.0 Å². The van der Waals surface area contributed by atoms with E-state index in [2.05, 4.69) is 22.0 Å². The van der Waals surface area contributed by atoms with Gasteiger partial charge in [-0.2, -0.15) is 4.98 Å². The fourth-order valence-corrected chi connectivity index (χ4v) is 2.52. The van der Waals surface area contributed by atoms with Crippen molar-refractivity contribution in [3.05, 3.63) is 16.2 Å². The number of hydrogen-bond acceptors (Lipinski definition) is 7. The third kappa shape index (κ3) is 3.37. The summed E-state index contributed by atoms with van der Waals surface area (Å²) in [7, 11) is 1.65. The second-order valence-electron chi connectivity index (χ2n) is 4.14. The molecule has 0 amide bonds. The van der Waals surface area contributed by atoms with E-state index in [0.29, 0.717) is 24.0 Å². The van der Waals surface area contributed by atoms with Crippen LogP contribution in [0.2, 0.25) is 0 Å². The number of hydrogen-bond donors (Lipinski definition) is 1. The maximum absolute atomic E-state index is 5.50. The van der Waals surface area contributed by atoms with Gasteiger partial charge in [0.1, 0.15) is 11.8 Å². The Labute approximate surface area is 116 Å². The summed E-state index contributed by atoms with van der Waals surface area (Å²) in [6, 6.07) is 0. The maximum atomic E-state index is 5.50. The highest BCUT2D eigenvalue weighted by atomic mass is 32.1. The van der Waals surface area contributed by atoms with Crippen LogP contribution in [0.5, 0.6) is 0 Å². The summed E-state index contributed by atoms with van der Waals surface area (Å²) in [5, 5.41) is 6.85. The van der Waals surface area contributed by atoms with Crippen LogP contribution in [-0.2, 0) is 11.2 Å². The molecule has 0 saturated heterocycles. The zero-order valence-corrected chi connectivity index (χ0v) is 11.9. The Kier molecular flexibility index (Phi) is 5.00. The Morgan fingerprint density at radius 2 is 2.32 bits per heavy atom. The van der Waals surface area contributed by atoms with Crippen molar-refractivity contribution in [1.29, 1.82) is 0 Å². The molecule has 1 atom stereocenters. The van der Waals surface area contributed by atoms with Crippen LogP contribution in [0.25, 0.3) is 11.6 Å². The van der Waals surface area contributed by atoms with Gasteiger partial charge in [0, 0.05) is 18.9 Å². The van der Waals surface area contributed by atoms with Crippen LogP contribution in [0.3, 0.4) is 0 Å². The van der Waals surface area contributed by atoms with Crippen LogP contribution < -0.4 is 5.73 Å². The molecule has 2 N–H and O–H groups in total. The number of thiazole rings is 1. The zero-order valence-electron chi connectivity index (χ0n) is 11.1. The van der Waals surface area contributed by atoms with Crippen molar-refractivity contribution >= 4 is 11.3 Å². The SMILES string of the molecule is CCCC(OC)c1noc(-c2csc(CCN)n2)n1. The van der Waals surface area contributed by atoms with Crippen molar-refractivity contribution in [3.8, 4) is 11.6 Å². The monoisotopic (exact) mass is 282 g/mol. The highest BCUT2D eigenvalue weighted by molar-refractivity contribution is 7.09. The summed E-state index contributed by atoms with van der Waals surface area (Å²) in [5.74, 6) is 1.01. The lowest BCUT2D eigenvalue weighted by atomic mass is 10.2. The van der Waals surface area contributed by atoms with Crippen molar-refractivity contribution in [2.45, 2.75) is 32.3 Å². The van der Waals surface area contributed by atoms with Gasteiger partial charge in [0.05, 0.1) is 5.01 Å². The third-order valence-electron chi connectivity index (χ3n) is 2.69. The fraction of sp³-hybridized carbons (Fsp3) is 0.583. The lowest BCUT2D eigenvalue weighted by Crippen LogP contribution is -2.03. The minimum Gasteiger partial charge on any atom is -0.373 e. The summed E-state index contributed by atoms with van der Waals surface area (Å²) in [6.07, 6.45) is 2.51. The number of ether oxygens (including phenoxy) is 1. The molecule has 2 rings (SSSR count). The molecular weight excluding hydrogens is 264 g/mol. The van der Waals surface area contributed by atoms with Crippen LogP contribution in [0.1, 0.15) is 36.7 Å². The molecule has 2 aromatic heterocycles. The summed E-state index contributed by atoms with van der Waals surface area (Å²) in [4.78, 5) is 8.77. The molecule has 0 spiro atoms. The summed E-state index contributed by atoms with van der Waals surface area (Å²) in [6.45, 7) is 2.68. The highest BCUT2D eigenvalue weighted by Gasteiger charge is 2.19. The van der Waals surface area contributed by atoms with E-state index in [9.17, 15) is 0 Å². The number of methoxy groups -OCH3 is 1. The number of aromatic nitrogens is 3. The molecule has 7 heteroatoms. The molecule has 0 fully saturated rings. The lowest BCUT2D eigenvalue weighted by Gasteiger charge is -2.08. The van der Waals surface area contributed by atoms with Gasteiger partial charge < -0.3 is 15.0 Å². The number of nitrogens with two attached hydrogens (primary N) is 1. The molecule has 0 bridgehead atoms. The maximum Gasteiger partial charge on any atom is 0.277 e. The summed E-state index contributed by atoms with van der Waals surface area (Å²) < 4.78 is 10.6. The Hall–Kier alpha value is -1.31. The van der Waals surface area contributed by atoms with E-state index in [1.54, 1.807) is 18.4 Å². The van der Waals surface area contributed by atoms with Gasteiger partial charge in [-0.1, -0.05) is 18.5 Å². The largest absolute Gasteiger partial charge is 0.373 e. The van der Waals surface area contributed by atoms with Gasteiger partial charge in [-0.05, 0) is 13.0 Å². The van der Waals surface area contributed by atoms with E-state index in [1.165, 1.54) is 0 Å². The van der Waals surface area contributed by atoms with E-state index in [1.807, 2.05) is 5.38 Å². The van der Waals surface area contributed by atoms with Gasteiger partial charge in [0.25, 0.3) is 5.89 Å². The molecule has 6 nitrogen and oxygen atoms in total. The van der Waals surface area contributed by atoms with Gasteiger partial charge in [-0.15, -0.1) is 11.3 Å². The van der Waals surface area contributed by atoms with Crippen LogP contribution in [-0.4, -0.2) is 28.8 Å². The first-order chi connectivity index (χ1) is 9.28. The number of rotatable bonds is 7. The van der Waals surface area contributed by atoms with Gasteiger partial charge in [0.2, 0.25) is 5.82 Å². The first-order valence-electron chi connectivity index (χ1n) is 6.29. The van der Waals surface area contributed by atoms with E-state index >= 15 is 0 Å². The van der Waals surface area contributed by atoms with Gasteiger partial charge in [0.15, 0.2) is 0 Å². The van der Waals surface area contributed by atoms with E-state index < -0.39 is 0 Å². The fourth-order valence-electron chi connectivity index (χ4n) is 1.73. The van der Waals surface area contributed by atoms with Gasteiger partial charge in [-0.3, -0.25) is 0 Å². The number of nitrogens with zero attached hydrogens (tertiary/aromatic N) is 3. The average Bonchev–Trinajstić information content (AvgIpc) is 3.04. The molecule has 19 heavy (non-hydrogen) atoms. The second kappa shape index (κ2) is 6.74. The molecule has 0 saturated carbocycles. The third-order valence-corrected chi connectivity index (χ3v) is 3.60. The molecule has 0 radical (unpaired) electrons. The normalized spacial score (nSPS) is 12.8. The Bertz CT molecular complexity index is 511. The molecule has 0 aliphatic carbocycles. The minimum absolute atomic E-state index is 0.121. The molecule has 2 heterocycles. The van der Waals surface area contributed by atoms with Crippen LogP contribution in [0.4, 0.5) is 0 Å². The Morgan fingerprint density at radius 3 is 3.00 bits per heavy atom. The highest BCUT2D eigenvalue weighted by Crippen LogP contribution is 2.24. The van der Waals surface area contributed by atoms with Crippen LogP contribution in [0, 0.1) is 0 Å². The molecule has 0 aliphatic rings. The Morgan fingerprint density at radius 1 is 1.47 bits per heavy atom.